The van der Waals surface area contributed by atoms with Gasteiger partial charge >= 0.3 is 0 Å². The molecule has 4 heteroatoms. The van der Waals surface area contributed by atoms with Crippen LogP contribution >= 0.6 is 11.6 Å². The van der Waals surface area contributed by atoms with Crippen LogP contribution < -0.4 is 10.1 Å². The van der Waals surface area contributed by atoms with Crippen molar-refractivity contribution in [2.75, 3.05) is 32.8 Å². The number of nitrogens with one attached hydrogen (secondary N) is 1. The maximum atomic E-state index is 6.10. The molecule has 128 valence electrons. The maximum Gasteiger partial charge on any atom is 0.119 e. The molecule has 2 aromatic rings. The van der Waals surface area contributed by atoms with Crippen LogP contribution in [0.1, 0.15) is 30.5 Å². The Morgan fingerprint density at radius 3 is 2.71 bits per heavy atom. The zero-order valence-corrected chi connectivity index (χ0v) is 14.9. The predicted octanol–water partition coefficient (Wildman–Crippen LogP) is 4.12. The smallest absolute Gasteiger partial charge is 0.119 e. The predicted molar refractivity (Wildman–Crippen MR) is 100.0 cm³/mol. The van der Waals surface area contributed by atoms with Crippen molar-refractivity contribution in [2.24, 2.45) is 0 Å². The lowest BCUT2D eigenvalue weighted by Gasteiger charge is -2.31. The first-order chi connectivity index (χ1) is 11.8. The van der Waals surface area contributed by atoms with E-state index >= 15 is 0 Å². The van der Waals surface area contributed by atoms with E-state index in [1.54, 1.807) is 0 Å². The lowest BCUT2D eigenvalue weighted by Crippen LogP contribution is -2.33. The Labute approximate surface area is 149 Å². The van der Waals surface area contributed by atoms with Gasteiger partial charge in [-0.25, -0.2) is 0 Å². The third-order valence-corrected chi connectivity index (χ3v) is 4.66. The lowest BCUT2D eigenvalue weighted by atomic mass is 9.96. The van der Waals surface area contributed by atoms with Gasteiger partial charge in [0.25, 0.3) is 0 Å². The second-order valence-electron chi connectivity index (χ2n) is 6.10. The van der Waals surface area contributed by atoms with Gasteiger partial charge in [-0.05, 0) is 55.3 Å². The lowest BCUT2D eigenvalue weighted by molar-refractivity contribution is 0.240. The van der Waals surface area contributed by atoms with Crippen molar-refractivity contribution in [3.05, 3.63) is 64.7 Å². The number of hydrogen-bond donors (Lipinski definition) is 1. The summed E-state index contributed by atoms with van der Waals surface area (Å²) in [7, 11) is 0. The van der Waals surface area contributed by atoms with E-state index in [2.05, 4.69) is 40.5 Å². The van der Waals surface area contributed by atoms with Crippen molar-refractivity contribution in [3.63, 3.8) is 0 Å². The zero-order valence-electron chi connectivity index (χ0n) is 14.2. The van der Waals surface area contributed by atoms with E-state index < -0.39 is 0 Å². The fraction of sp³-hybridized carbons (Fsp3) is 0.400. The molecule has 1 atom stereocenters. The minimum Gasteiger partial charge on any atom is -0.494 e. The molecule has 0 saturated carbocycles. The van der Waals surface area contributed by atoms with Crippen molar-refractivity contribution >= 4 is 11.6 Å². The van der Waals surface area contributed by atoms with Crippen LogP contribution in [0.2, 0.25) is 5.02 Å². The van der Waals surface area contributed by atoms with Crippen molar-refractivity contribution in [1.82, 2.24) is 10.2 Å². The highest BCUT2D eigenvalue weighted by Gasteiger charge is 2.23. The summed E-state index contributed by atoms with van der Waals surface area (Å²) in [6.07, 6.45) is 1.16. The van der Waals surface area contributed by atoms with E-state index in [1.807, 2.05) is 25.1 Å². The number of nitrogens with zero attached hydrogens (tertiary/aromatic N) is 1. The van der Waals surface area contributed by atoms with Crippen molar-refractivity contribution in [3.8, 4) is 5.75 Å². The highest BCUT2D eigenvalue weighted by Crippen LogP contribution is 2.31. The van der Waals surface area contributed by atoms with Gasteiger partial charge in [0.05, 0.1) is 12.6 Å². The number of hydrogen-bond acceptors (Lipinski definition) is 3. The van der Waals surface area contributed by atoms with Crippen LogP contribution in [0.5, 0.6) is 5.75 Å². The van der Waals surface area contributed by atoms with Gasteiger partial charge in [0.2, 0.25) is 0 Å². The Morgan fingerprint density at radius 2 is 1.92 bits per heavy atom. The molecule has 0 amide bonds. The summed E-state index contributed by atoms with van der Waals surface area (Å²) in [5.74, 6) is 0.932. The third kappa shape index (κ3) is 4.29. The molecule has 1 heterocycles. The summed E-state index contributed by atoms with van der Waals surface area (Å²) < 4.78 is 5.71. The van der Waals surface area contributed by atoms with Crippen LogP contribution in [0.25, 0.3) is 0 Å². The minimum atomic E-state index is 0.225. The van der Waals surface area contributed by atoms with Crippen LogP contribution in [-0.4, -0.2) is 37.7 Å². The van der Waals surface area contributed by atoms with Crippen molar-refractivity contribution < 1.29 is 4.74 Å². The summed E-state index contributed by atoms with van der Waals surface area (Å²) in [6.45, 7) is 6.93. The number of benzene rings is 2. The quantitative estimate of drug-likeness (QED) is 0.882. The molecule has 1 aliphatic heterocycles. The molecule has 3 rings (SSSR count). The SMILES string of the molecule is CCOc1cccc(C(c2ccc(Cl)cc2)N2CCCNCC2)c1. The third-order valence-electron chi connectivity index (χ3n) is 4.41. The Kier molecular flexibility index (Phi) is 6.13. The average Bonchev–Trinajstić information content (AvgIpc) is 2.87. The molecule has 0 spiro atoms. The number of rotatable bonds is 5. The highest BCUT2D eigenvalue weighted by atomic mass is 35.5. The molecule has 1 N–H and O–H groups in total. The maximum absolute atomic E-state index is 6.10. The van der Waals surface area contributed by atoms with Crippen LogP contribution in [-0.2, 0) is 0 Å². The first-order valence-electron chi connectivity index (χ1n) is 8.71. The normalized spacial score (nSPS) is 17.2. The van der Waals surface area contributed by atoms with Crippen molar-refractivity contribution in [1.29, 1.82) is 0 Å². The second-order valence-corrected chi connectivity index (χ2v) is 6.54. The van der Waals surface area contributed by atoms with Crippen molar-refractivity contribution in [2.45, 2.75) is 19.4 Å². The second kappa shape index (κ2) is 8.52. The van der Waals surface area contributed by atoms with Crippen LogP contribution in [0, 0.1) is 0 Å². The van der Waals surface area contributed by atoms with E-state index in [1.165, 1.54) is 11.1 Å². The minimum absolute atomic E-state index is 0.225. The van der Waals surface area contributed by atoms with Gasteiger partial charge in [0.1, 0.15) is 5.75 Å². The van der Waals surface area contributed by atoms with Gasteiger partial charge in [-0.1, -0.05) is 35.9 Å². The summed E-state index contributed by atoms with van der Waals surface area (Å²) in [5, 5.41) is 4.26. The molecule has 0 bridgehead atoms. The zero-order chi connectivity index (χ0) is 16.8. The average molecular weight is 345 g/mol. The highest BCUT2D eigenvalue weighted by molar-refractivity contribution is 6.30. The molecule has 1 aliphatic rings. The first kappa shape index (κ1) is 17.3. The fourth-order valence-corrected chi connectivity index (χ4v) is 3.45. The topological polar surface area (TPSA) is 24.5 Å². The van der Waals surface area contributed by atoms with E-state index in [0.717, 1.165) is 43.4 Å². The molecular weight excluding hydrogens is 320 g/mol. The molecule has 0 radical (unpaired) electrons. The van der Waals surface area contributed by atoms with Gasteiger partial charge < -0.3 is 10.1 Å². The Hall–Kier alpha value is -1.55. The van der Waals surface area contributed by atoms with Crippen LogP contribution in [0.15, 0.2) is 48.5 Å². The largest absolute Gasteiger partial charge is 0.494 e. The van der Waals surface area contributed by atoms with Gasteiger partial charge in [-0.2, -0.15) is 0 Å². The van der Waals surface area contributed by atoms with Crippen LogP contribution in [0.4, 0.5) is 0 Å². The molecule has 1 saturated heterocycles. The molecule has 3 nitrogen and oxygen atoms in total. The number of halogens is 1. The van der Waals surface area contributed by atoms with Crippen LogP contribution in [0.3, 0.4) is 0 Å². The summed E-state index contributed by atoms with van der Waals surface area (Å²) in [6, 6.07) is 16.9. The summed E-state index contributed by atoms with van der Waals surface area (Å²) in [5.41, 5.74) is 2.54. The monoisotopic (exact) mass is 344 g/mol. The molecule has 1 fully saturated rings. The Bertz CT molecular complexity index is 636. The summed E-state index contributed by atoms with van der Waals surface area (Å²) in [4.78, 5) is 2.55. The molecule has 24 heavy (non-hydrogen) atoms. The van der Waals surface area contributed by atoms with Gasteiger partial charge in [0.15, 0.2) is 0 Å². The van der Waals surface area contributed by atoms with E-state index in [-0.39, 0.29) is 6.04 Å². The Morgan fingerprint density at radius 1 is 1.08 bits per heavy atom. The number of ether oxygens (including phenoxy) is 1. The Balaban J connectivity index is 1.97. The molecule has 0 aromatic heterocycles. The van der Waals surface area contributed by atoms with E-state index in [9.17, 15) is 0 Å². The van der Waals surface area contributed by atoms with Gasteiger partial charge in [-0.3, -0.25) is 4.90 Å². The van der Waals surface area contributed by atoms with E-state index in [4.69, 9.17) is 16.3 Å². The first-order valence-corrected chi connectivity index (χ1v) is 9.08. The summed E-state index contributed by atoms with van der Waals surface area (Å²) >= 11 is 6.10. The van der Waals surface area contributed by atoms with E-state index in [0.29, 0.717) is 6.61 Å². The molecule has 2 aromatic carbocycles. The molecule has 1 unspecified atom stereocenters. The fourth-order valence-electron chi connectivity index (χ4n) is 3.33. The van der Waals surface area contributed by atoms with Gasteiger partial charge in [-0.15, -0.1) is 0 Å². The van der Waals surface area contributed by atoms with Gasteiger partial charge in [0, 0.05) is 24.7 Å². The molecule has 0 aliphatic carbocycles. The molecular formula is C20H25ClN2O. The standard InChI is InChI=1S/C20H25ClN2O/c1-2-24-19-6-3-5-17(15-19)20(16-7-9-18(21)10-8-16)23-13-4-11-22-12-14-23/h3,5-10,15,20,22H,2,4,11-14H2,1H3.